The van der Waals surface area contributed by atoms with Gasteiger partial charge in [-0.15, -0.1) is 0 Å². The van der Waals surface area contributed by atoms with Crippen LogP contribution >= 0.6 is 0 Å². The lowest BCUT2D eigenvalue weighted by atomic mass is 10.1. The van der Waals surface area contributed by atoms with Gasteiger partial charge in [-0.1, -0.05) is 13.8 Å². The van der Waals surface area contributed by atoms with Gasteiger partial charge in [0.15, 0.2) is 12.4 Å². The highest BCUT2D eigenvalue weighted by Crippen LogP contribution is 2.21. The number of carbonyl (C=O) groups excluding carboxylic acids is 2. The summed E-state index contributed by atoms with van der Waals surface area (Å²) >= 11 is 0. The van der Waals surface area contributed by atoms with E-state index in [2.05, 4.69) is 25.3 Å². The molecule has 0 aliphatic heterocycles. The van der Waals surface area contributed by atoms with Gasteiger partial charge in [-0.2, -0.15) is 0 Å². The van der Waals surface area contributed by atoms with Crippen LogP contribution in [0, 0.1) is 11.7 Å². The zero-order valence-electron chi connectivity index (χ0n) is 17.0. The molecule has 0 aromatic carbocycles. The van der Waals surface area contributed by atoms with Crippen LogP contribution in [-0.4, -0.2) is 34.3 Å². The number of hydrogen-bond acceptors (Lipinski definition) is 5. The van der Waals surface area contributed by atoms with Crippen LogP contribution < -0.4 is 15.4 Å². The van der Waals surface area contributed by atoms with Crippen LogP contribution in [0.2, 0.25) is 0 Å². The molecule has 0 saturated heterocycles. The first-order valence-electron chi connectivity index (χ1n) is 9.20. The molecule has 2 aromatic heterocycles. The highest BCUT2D eigenvalue weighted by Gasteiger charge is 2.24. The topological polar surface area (TPSA) is 93.2 Å². The Morgan fingerprint density at radius 2 is 1.90 bits per heavy atom. The zero-order valence-corrected chi connectivity index (χ0v) is 17.0. The van der Waals surface area contributed by atoms with Gasteiger partial charge in [0.2, 0.25) is 5.91 Å². The molecule has 10 heteroatoms. The van der Waals surface area contributed by atoms with Gasteiger partial charge in [-0.3, -0.25) is 9.59 Å². The second kappa shape index (κ2) is 9.55. The minimum absolute atomic E-state index is 0.232. The molecule has 2 aromatic rings. The average molecular weight is 424 g/mol. The zero-order chi connectivity index (χ0) is 22.5. The van der Waals surface area contributed by atoms with Crippen molar-refractivity contribution in [3.63, 3.8) is 0 Å². The van der Waals surface area contributed by atoms with Crippen molar-refractivity contribution in [2.75, 3.05) is 11.9 Å². The molecular formula is C20H23F3N4O3. The lowest BCUT2D eigenvalue weighted by Gasteiger charge is -2.16. The van der Waals surface area contributed by atoms with Gasteiger partial charge in [0.05, 0.1) is 6.04 Å². The van der Waals surface area contributed by atoms with E-state index in [1.165, 1.54) is 24.5 Å². The Hall–Kier alpha value is -3.17. The molecule has 30 heavy (non-hydrogen) atoms. The fraction of sp³-hybridized carbons (Fsp3) is 0.400. The number of hydrogen-bond donors (Lipinski definition) is 2. The third-order valence-electron chi connectivity index (χ3n) is 3.94. The van der Waals surface area contributed by atoms with E-state index in [4.69, 9.17) is 0 Å². The number of ether oxygens (including phenoxy) is 1. The molecule has 1 atom stereocenters. The summed E-state index contributed by atoms with van der Waals surface area (Å²) in [5, 5.41) is 5.27. The van der Waals surface area contributed by atoms with E-state index in [9.17, 15) is 22.8 Å². The first-order chi connectivity index (χ1) is 14.0. The molecule has 2 N–H and O–H groups in total. The van der Waals surface area contributed by atoms with Crippen LogP contribution in [0.1, 0.15) is 49.7 Å². The van der Waals surface area contributed by atoms with Crippen molar-refractivity contribution >= 4 is 17.6 Å². The Labute approximate surface area is 172 Å². The maximum Gasteiger partial charge on any atom is 0.278 e. The second-order valence-corrected chi connectivity index (χ2v) is 7.18. The minimum Gasteiger partial charge on any atom is -0.469 e. The van der Waals surface area contributed by atoms with Crippen LogP contribution in [-0.2, 0) is 4.79 Å². The molecule has 0 aliphatic rings. The number of pyridine rings is 2. The molecule has 0 saturated carbocycles. The fourth-order valence-electron chi connectivity index (χ4n) is 2.25. The molecule has 0 radical (unpaired) electrons. The first kappa shape index (κ1) is 23.1. The Kier molecular flexibility index (Phi) is 7.36. The molecule has 0 bridgehead atoms. The molecule has 0 fully saturated rings. The number of carbonyl (C=O) groups is 2. The van der Waals surface area contributed by atoms with Gasteiger partial charge in [0, 0.05) is 30.8 Å². The van der Waals surface area contributed by atoms with E-state index in [1.54, 1.807) is 20.8 Å². The van der Waals surface area contributed by atoms with Crippen molar-refractivity contribution in [3.8, 4) is 5.88 Å². The van der Waals surface area contributed by atoms with Crippen LogP contribution in [0.5, 0.6) is 5.88 Å². The summed E-state index contributed by atoms with van der Waals surface area (Å²) in [4.78, 5) is 32.0. The Morgan fingerprint density at radius 3 is 2.50 bits per heavy atom. The van der Waals surface area contributed by atoms with Crippen molar-refractivity contribution in [1.82, 2.24) is 15.3 Å². The third-order valence-corrected chi connectivity index (χ3v) is 3.94. The van der Waals surface area contributed by atoms with Gasteiger partial charge >= 0.3 is 0 Å². The van der Waals surface area contributed by atoms with E-state index >= 15 is 0 Å². The summed E-state index contributed by atoms with van der Waals surface area (Å²) in [6, 6.07) is 3.31. The van der Waals surface area contributed by atoms with Gasteiger partial charge < -0.3 is 15.4 Å². The number of rotatable bonds is 8. The summed E-state index contributed by atoms with van der Waals surface area (Å²) < 4.78 is 44.5. The minimum atomic E-state index is -3.12. The predicted molar refractivity (Wildman–Crippen MR) is 104 cm³/mol. The standard InChI is InChI=1S/C20H23F3N4O3/c1-11(2)17(28)27-16-8-13(5-6-24-16)18(29)26-12(3)14-7-15(21)19(25-9-14)30-10-20(4,22)23/h5-9,11-12H,10H2,1-4H3,(H,26,29)(H,24,27,28). The van der Waals surface area contributed by atoms with E-state index in [0.717, 1.165) is 6.07 Å². The number of aromatic nitrogens is 2. The quantitative estimate of drug-likeness (QED) is 0.674. The SMILES string of the molecule is CC(C)C(=O)Nc1cc(C(=O)NC(C)c2cnc(OCC(C)(F)F)c(F)c2)ccn1. The summed E-state index contributed by atoms with van der Waals surface area (Å²) in [5.74, 6) is -5.31. The number of alkyl halides is 2. The molecule has 7 nitrogen and oxygen atoms in total. The van der Waals surface area contributed by atoms with Crippen molar-refractivity contribution in [3.05, 3.63) is 47.5 Å². The van der Waals surface area contributed by atoms with Crippen molar-refractivity contribution in [1.29, 1.82) is 0 Å². The third kappa shape index (κ3) is 6.71. The lowest BCUT2D eigenvalue weighted by molar-refractivity contribution is -0.118. The summed E-state index contributed by atoms with van der Waals surface area (Å²) in [6.45, 7) is 4.71. The highest BCUT2D eigenvalue weighted by molar-refractivity contribution is 5.97. The molecule has 2 rings (SSSR count). The van der Waals surface area contributed by atoms with Gasteiger partial charge in [0.25, 0.3) is 17.7 Å². The monoisotopic (exact) mass is 424 g/mol. The van der Waals surface area contributed by atoms with Crippen LogP contribution in [0.25, 0.3) is 0 Å². The van der Waals surface area contributed by atoms with Crippen molar-refractivity contribution in [2.45, 2.75) is 39.7 Å². The summed E-state index contributed by atoms with van der Waals surface area (Å²) in [5.41, 5.74) is 0.563. The van der Waals surface area contributed by atoms with Crippen molar-refractivity contribution in [2.24, 2.45) is 5.92 Å². The number of amides is 2. The smallest absolute Gasteiger partial charge is 0.278 e. The van der Waals surface area contributed by atoms with E-state index in [-0.39, 0.29) is 23.2 Å². The average Bonchev–Trinajstić information content (AvgIpc) is 2.66. The Balaban J connectivity index is 2.05. The number of anilines is 1. The first-order valence-corrected chi connectivity index (χ1v) is 9.20. The maximum atomic E-state index is 14.1. The molecule has 1 unspecified atom stereocenters. The van der Waals surface area contributed by atoms with E-state index < -0.39 is 36.2 Å². The fourth-order valence-corrected chi connectivity index (χ4v) is 2.25. The number of nitrogens with one attached hydrogen (secondary N) is 2. The van der Waals surface area contributed by atoms with E-state index in [0.29, 0.717) is 12.5 Å². The molecule has 0 spiro atoms. The molecule has 162 valence electrons. The van der Waals surface area contributed by atoms with Crippen LogP contribution in [0.15, 0.2) is 30.6 Å². The number of nitrogens with zero attached hydrogens (tertiary/aromatic N) is 2. The highest BCUT2D eigenvalue weighted by atomic mass is 19.3. The Morgan fingerprint density at radius 1 is 1.20 bits per heavy atom. The molecule has 2 amide bonds. The Bertz CT molecular complexity index is 916. The molecule has 0 aliphatic carbocycles. The number of halogens is 3. The van der Waals surface area contributed by atoms with Gasteiger partial charge in [-0.05, 0) is 30.7 Å². The summed E-state index contributed by atoms with van der Waals surface area (Å²) in [6.07, 6.45) is 2.62. The van der Waals surface area contributed by atoms with Crippen LogP contribution in [0.3, 0.4) is 0 Å². The molecular weight excluding hydrogens is 401 g/mol. The van der Waals surface area contributed by atoms with Gasteiger partial charge in [-0.25, -0.2) is 23.1 Å². The van der Waals surface area contributed by atoms with Crippen LogP contribution in [0.4, 0.5) is 19.0 Å². The maximum absolute atomic E-state index is 14.1. The van der Waals surface area contributed by atoms with Crippen molar-refractivity contribution < 1.29 is 27.5 Å². The summed E-state index contributed by atoms with van der Waals surface area (Å²) in [7, 11) is 0. The van der Waals surface area contributed by atoms with Gasteiger partial charge in [0.1, 0.15) is 5.82 Å². The van der Waals surface area contributed by atoms with E-state index in [1.807, 2.05) is 0 Å². The largest absolute Gasteiger partial charge is 0.469 e. The predicted octanol–water partition coefficient (Wildman–Crippen LogP) is 3.74. The molecule has 2 heterocycles. The second-order valence-electron chi connectivity index (χ2n) is 7.18. The normalized spacial score (nSPS) is 12.4. The lowest BCUT2D eigenvalue weighted by Crippen LogP contribution is -2.27.